The molecule has 0 aliphatic heterocycles. The highest BCUT2D eigenvalue weighted by Crippen LogP contribution is 2.16. The van der Waals surface area contributed by atoms with Gasteiger partial charge in [0.1, 0.15) is 0 Å². The van der Waals surface area contributed by atoms with Crippen LogP contribution in [0.1, 0.15) is 19.4 Å². The molecule has 0 saturated heterocycles. The molecule has 0 aromatic heterocycles. The van der Waals surface area contributed by atoms with Crippen LogP contribution in [0.2, 0.25) is 0 Å². The van der Waals surface area contributed by atoms with Crippen LogP contribution in [-0.2, 0) is 16.4 Å². The maximum absolute atomic E-state index is 12.2. The molecule has 0 aliphatic rings. The second kappa shape index (κ2) is 6.87. The fraction of sp³-hybridized carbons (Fsp3) is 0.538. The molecule has 0 bridgehead atoms. The van der Waals surface area contributed by atoms with Gasteiger partial charge in [0.15, 0.2) is 0 Å². The summed E-state index contributed by atoms with van der Waals surface area (Å²) in [7, 11) is -1.42. The molecular weight excluding hydrogens is 248 g/mol. The van der Waals surface area contributed by atoms with Crippen molar-refractivity contribution in [1.82, 2.24) is 9.62 Å². The first-order valence-corrected chi connectivity index (χ1v) is 7.74. The minimum absolute atomic E-state index is 0.374. The average molecular weight is 270 g/mol. The largest absolute Gasteiger partial charge is 0.319 e. The van der Waals surface area contributed by atoms with Crippen LogP contribution in [0.15, 0.2) is 29.2 Å². The van der Waals surface area contributed by atoms with E-state index in [0.717, 1.165) is 18.5 Å². The summed E-state index contributed by atoms with van der Waals surface area (Å²) in [6, 6.07) is 7.15. The highest BCUT2D eigenvalue weighted by Gasteiger charge is 2.20. The molecule has 18 heavy (non-hydrogen) atoms. The van der Waals surface area contributed by atoms with E-state index in [4.69, 9.17) is 0 Å². The smallest absolute Gasteiger partial charge is 0.243 e. The normalized spacial score (nSPS) is 12.0. The van der Waals surface area contributed by atoms with Crippen LogP contribution in [0.3, 0.4) is 0 Å². The fourth-order valence-electron chi connectivity index (χ4n) is 1.81. The molecule has 0 spiro atoms. The topological polar surface area (TPSA) is 49.4 Å². The fourth-order valence-corrected chi connectivity index (χ4v) is 3.27. The van der Waals surface area contributed by atoms with E-state index < -0.39 is 10.0 Å². The van der Waals surface area contributed by atoms with Gasteiger partial charge in [-0.05, 0) is 37.7 Å². The van der Waals surface area contributed by atoms with E-state index >= 15 is 0 Å². The number of nitrogens with zero attached hydrogens (tertiary/aromatic N) is 1. The van der Waals surface area contributed by atoms with Crippen molar-refractivity contribution >= 4 is 10.0 Å². The van der Waals surface area contributed by atoms with Gasteiger partial charge >= 0.3 is 0 Å². The maximum atomic E-state index is 12.2. The molecule has 1 rings (SSSR count). The number of benzene rings is 1. The van der Waals surface area contributed by atoms with Crippen molar-refractivity contribution < 1.29 is 8.42 Å². The Morgan fingerprint density at radius 1 is 1.11 bits per heavy atom. The molecule has 102 valence electrons. The van der Waals surface area contributed by atoms with Crippen molar-refractivity contribution in [3.63, 3.8) is 0 Å². The monoisotopic (exact) mass is 270 g/mol. The summed E-state index contributed by atoms with van der Waals surface area (Å²) in [5.74, 6) is 0. The lowest BCUT2D eigenvalue weighted by atomic mass is 10.1. The zero-order valence-corrected chi connectivity index (χ0v) is 12.1. The summed E-state index contributed by atoms with van der Waals surface area (Å²) in [5, 5.41) is 3.07. The standard InChI is InChI=1S/C13H22N2O2S/c1-4-15(5-2)18(16,17)13-8-6-12(7-9-13)10-11-14-3/h6-9,14H,4-5,10-11H2,1-3H3. The molecule has 1 N–H and O–H groups in total. The summed E-state index contributed by atoms with van der Waals surface area (Å²) in [5.41, 5.74) is 1.14. The summed E-state index contributed by atoms with van der Waals surface area (Å²) in [4.78, 5) is 0.374. The molecule has 0 atom stereocenters. The lowest BCUT2D eigenvalue weighted by Gasteiger charge is -2.18. The Balaban J connectivity index is 2.90. The Morgan fingerprint density at radius 3 is 2.11 bits per heavy atom. The first-order chi connectivity index (χ1) is 8.56. The molecular formula is C13H22N2O2S. The lowest BCUT2D eigenvalue weighted by molar-refractivity contribution is 0.445. The molecule has 0 fully saturated rings. The molecule has 4 nitrogen and oxygen atoms in total. The molecule has 0 unspecified atom stereocenters. The van der Waals surface area contributed by atoms with Gasteiger partial charge in [0.2, 0.25) is 10.0 Å². The van der Waals surface area contributed by atoms with Crippen molar-refractivity contribution in [2.24, 2.45) is 0 Å². The summed E-state index contributed by atoms with van der Waals surface area (Å²) < 4.78 is 25.9. The van der Waals surface area contributed by atoms with E-state index in [1.165, 1.54) is 4.31 Å². The predicted molar refractivity (Wildman–Crippen MR) is 74.2 cm³/mol. The van der Waals surface area contributed by atoms with Gasteiger partial charge < -0.3 is 5.32 Å². The molecule has 0 amide bonds. The van der Waals surface area contributed by atoms with Crippen LogP contribution in [0.25, 0.3) is 0 Å². The Hall–Kier alpha value is -0.910. The molecule has 0 aliphatic carbocycles. The van der Waals surface area contributed by atoms with Crippen molar-refractivity contribution in [1.29, 1.82) is 0 Å². The summed E-state index contributed by atoms with van der Waals surface area (Å²) in [6.07, 6.45) is 0.905. The van der Waals surface area contributed by atoms with Crippen LogP contribution in [-0.4, -0.2) is 39.4 Å². The van der Waals surface area contributed by atoms with Gasteiger partial charge in [0.25, 0.3) is 0 Å². The number of nitrogens with one attached hydrogen (secondary N) is 1. The SMILES string of the molecule is CCN(CC)S(=O)(=O)c1ccc(CCNC)cc1. The quantitative estimate of drug-likeness (QED) is 0.816. The summed E-state index contributed by atoms with van der Waals surface area (Å²) in [6.45, 7) is 5.59. The van der Waals surface area contributed by atoms with Gasteiger partial charge in [-0.2, -0.15) is 4.31 Å². The lowest BCUT2D eigenvalue weighted by Crippen LogP contribution is -2.30. The van der Waals surface area contributed by atoms with Crippen molar-refractivity contribution in [3.8, 4) is 0 Å². The maximum Gasteiger partial charge on any atom is 0.243 e. The van der Waals surface area contributed by atoms with Gasteiger partial charge in [-0.3, -0.25) is 0 Å². The van der Waals surface area contributed by atoms with Gasteiger partial charge in [-0.15, -0.1) is 0 Å². The average Bonchev–Trinajstić information content (AvgIpc) is 2.38. The van der Waals surface area contributed by atoms with Gasteiger partial charge in [-0.1, -0.05) is 26.0 Å². The van der Waals surface area contributed by atoms with E-state index in [2.05, 4.69) is 5.32 Å². The van der Waals surface area contributed by atoms with E-state index in [0.29, 0.717) is 18.0 Å². The molecule has 0 saturated carbocycles. The van der Waals surface area contributed by atoms with Gasteiger partial charge in [-0.25, -0.2) is 8.42 Å². The zero-order chi connectivity index (χ0) is 13.6. The molecule has 5 heteroatoms. The van der Waals surface area contributed by atoms with Crippen LogP contribution >= 0.6 is 0 Å². The third-order valence-electron chi connectivity index (χ3n) is 2.93. The highest BCUT2D eigenvalue weighted by molar-refractivity contribution is 7.89. The molecule has 1 aromatic carbocycles. The molecule has 0 radical (unpaired) electrons. The van der Waals surface area contributed by atoms with Gasteiger partial charge in [0.05, 0.1) is 4.90 Å². The second-order valence-corrected chi connectivity index (χ2v) is 6.02. The van der Waals surface area contributed by atoms with Crippen LogP contribution in [0.5, 0.6) is 0 Å². The third-order valence-corrected chi connectivity index (χ3v) is 4.99. The molecule has 0 heterocycles. The van der Waals surface area contributed by atoms with Crippen molar-refractivity contribution in [2.45, 2.75) is 25.2 Å². The third kappa shape index (κ3) is 3.54. The van der Waals surface area contributed by atoms with E-state index in [9.17, 15) is 8.42 Å². The Labute approximate surface area is 110 Å². The minimum atomic E-state index is -3.32. The minimum Gasteiger partial charge on any atom is -0.319 e. The predicted octanol–water partition coefficient (Wildman–Crippen LogP) is 1.48. The van der Waals surface area contributed by atoms with Gasteiger partial charge in [0, 0.05) is 13.1 Å². The van der Waals surface area contributed by atoms with Crippen molar-refractivity contribution in [2.75, 3.05) is 26.7 Å². The van der Waals surface area contributed by atoms with Crippen LogP contribution in [0, 0.1) is 0 Å². The van der Waals surface area contributed by atoms with E-state index in [1.54, 1.807) is 12.1 Å². The number of sulfonamides is 1. The highest BCUT2D eigenvalue weighted by atomic mass is 32.2. The van der Waals surface area contributed by atoms with E-state index in [1.807, 2.05) is 33.0 Å². The molecule has 1 aromatic rings. The zero-order valence-electron chi connectivity index (χ0n) is 11.3. The Bertz CT molecular complexity index is 450. The number of hydrogen-bond donors (Lipinski definition) is 1. The van der Waals surface area contributed by atoms with Crippen molar-refractivity contribution in [3.05, 3.63) is 29.8 Å². The first kappa shape index (κ1) is 15.1. The number of hydrogen-bond acceptors (Lipinski definition) is 3. The van der Waals surface area contributed by atoms with Crippen LogP contribution in [0.4, 0.5) is 0 Å². The summed E-state index contributed by atoms with van der Waals surface area (Å²) >= 11 is 0. The first-order valence-electron chi connectivity index (χ1n) is 6.30. The Morgan fingerprint density at radius 2 is 1.67 bits per heavy atom. The van der Waals surface area contributed by atoms with E-state index in [-0.39, 0.29) is 0 Å². The Kier molecular flexibility index (Phi) is 5.78. The second-order valence-electron chi connectivity index (χ2n) is 4.09. The van der Waals surface area contributed by atoms with Crippen LogP contribution < -0.4 is 5.32 Å². The number of rotatable bonds is 7. The number of likely N-dealkylation sites (N-methyl/N-ethyl adjacent to an activating group) is 1.